The van der Waals surface area contributed by atoms with Gasteiger partial charge in [0.1, 0.15) is 0 Å². The zero-order valence-corrected chi connectivity index (χ0v) is 18.4. The van der Waals surface area contributed by atoms with Gasteiger partial charge in [-0.05, 0) is 61.4 Å². The van der Waals surface area contributed by atoms with Gasteiger partial charge in [0.15, 0.2) is 11.5 Å². The van der Waals surface area contributed by atoms with E-state index in [1.807, 2.05) is 0 Å². The lowest BCUT2D eigenvalue weighted by Crippen LogP contribution is -2.41. The summed E-state index contributed by atoms with van der Waals surface area (Å²) in [6.07, 6.45) is 14.2. The Morgan fingerprint density at radius 2 is 1.76 bits per heavy atom. The molecular formula is C23H31NO4S. The highest BCUT2D eigenvalue weighted by Crippen LogP contribution is 2.54. The minimum absolute atomic E-state index is 0.132. The number of rotatable bonds is 8. The maximum absolute atomic E-state index is 9.79. The number of anilines is 1. The zero-order valence-electron chi connectivity index (χ0n) is 17.6. The molecule has 0 unspecified atom stereocenters. The number of aryl methyl sites for hydroxylation is 1. The van der Waals surface area contributed by atoms with Crippen LogP contribution in [0.5, 0.6) is 5.75 Å². The van der Waals surface area contributed by atoms with Crippen LogP contribution in [0, 0.1) is 0 Å². The third kappa shape index (κ3) is 4.59. The van der Waals surface area contributed by atoms with Crippen molar-refractivity contribution in [1.29, 1.82) is 0 Å². The van der Waals surface area contributed by atoms with Crippen molar-refractivity contribution in [1.82, 2.24) is 0 Å². The molecule has 6 heteroatoms. The Balaban J connectivity index is 0.000000298. The maximum atomic E-state index is 9.79. The topological polar surface area (TPSA) is 66.8 Å². The monoisotopic (exact) mass is 417 g/mol. The number of fused-ring (bicyclic) bond motifs is 2. The van der Waals surface area contributed by atoms with Crippen LogP contribution in [0.2, 0.25) is 0 Å². The first-order valence-electron chi connectivity index (χ1n) is 10.6. The molecule has 0 saturated carbocycles. The van der Waals surface area contributed by atoms with Gasteiger partial charge in [-0.2, -0.15) is 8.42 Å². The fraction of sp³-hybridized carbons (Fsp3) is 0.478. The van der Waals surface area contributed by atoms with E-state index < -0.39 is 10.1 Å². The number of allylic oxidation sites excluding steroid dienone is 3. The van der Waals surface area contributed by atoms with Gasteiger partial charge in [0.2, 0.25) is 0 Å². The number of ether oxygens (including phenoxy) is 1. The highest BCUT2D eigenvalue weighted by atomic mass is 32.2. The summed E-state index contributed by atoms with van der Waals surface area (Å²) in [6, 6.07) is 4.46. The van der Waals surface area contributed by atoms with E-state index in [2.05, 4.69) is 49.1 Å². The minimum atomic E-state index is -3.67. The normalized spacial score (nSPS) is 15.7. The van der Waals surface area contributed by atoms with E-state index in [1.54, 1.807) is 6.92 Å². The van der Waals surface area contributed by atoms with Crippen LogP contribution in [-0.4, -0.2) is 18.7 Å². The Bertz CT molecular complexity index is 957. The lowest BCUT2D eigenvalue weighted by Gasteiger charge is -2.47. The fourth-order valence-electron chi connectivity index (χ4n) is 3.87. The SMILES string of the molecule is CCCCc1ccc2c(c1CCCC)N1C3=CC=CC1=C3O2.CCCS(=O)(=O)O. The van der Waals surface area contributed by atoms with Crippen molar-refractivity contribution in [2.24, 2.45) is 0 Å². The number of hydrogen-bond acceptors (Lipinski definition) is 4. The number of unbranched alkanes of at least 4 members (excludes halogenated alkanes) is 2. The summed E-state index contributed by atoms with van der Waals surface area (Å²) in [6.45, 7) is 6.22. The molecule has 0 aliphatic carbocycles. The van der Waals surface area contributed by atoms with E-state index in [1.165, 1.54) is 60.3 Å². The van der Waals surface area contributed by atoms with Crippen molar-refractivity contribution in [2.75, 3.05) is 10.7 Å². The molecule has 0 amide bonds. The second kappa shape index (κ2) is 9.18. The molecule has 1 N–H and O–H groups in total. The Kier molecular flexibility index (Phi) is 6.85. The van der Waals surface area contributed by atoms with Crippen molar-refractivity contribution in [2.45, 2.75) is 65.7 Å². The third-order valence-corrected chi connectivity index (χ3v) is 6.20. The van der Waals surface area contributed by atoms with Crippen molar-refractivity contribution in [3.63, 3.8) is 0 Å². The van der Waals surface area contributed by atoms with Crippen LogP contribution in [-0.2, 0) is 23.0 Å². The van der Waals surface area contributed by atoms with E-state index in [4.69, 9.17) is 9.29 Å². The Morgan fingerprint density at radius 1 is 1.03 bits per heavy atom. The van der Waals surface area contributed by atoms with Gasteiger partial charge in [-0.25, -0.2) is 0 Å². The molecule has 3 aliphatic rings. The molecule has 0 spiro atoms. The molecule has 0 fully saturated rings. The van der Waals surface area contributed by atoms with E-state index in [-0.39, 0.29) is 5.75 Å². The highest BCUT2D eigenvalue weighted by molar-refractivity contribution is 7.85. The molecule has 0 aromatic heterocycles. The summed E-state index contributed by atoms with van der Waals surface area (Å²) < 4.78 is 33.7. The summed E-state index contributed by atoms with van der Waals surface area (Å²) >= 11 is 0. The number of nitrogens with zero attached hydrogens (tertiary/aromatic N) is 1. The molecule has 0 radical (unpaired) electrons. The Morgan fingerprint density at radius 3 is 2.31 bits per heavy atom. The molecule has 1 aromatic rings. The van der Waals surface area contributed by atoms with Crippen LogP contribution < -0.4 is 9.64 Å². The van der Waals surface area contributed by atoms with E-state index >= 15 is 0 Å². The highest BCUT2D eigenvalue weighted by Gasteiger charge is 2.43. The largest absolute Gasteiger partial charge is 0.451 e. The molecule has 4 rings (SSSR count). The second-order valence-electron chi connectivity index (χ2n) is 7.61. The van der Waals surface area contributed by atoms with E-state index in [0.29, 0.717) is 6.42 Å². The van der Waals surface area contributed by atoms with Gasteiger partial charge < -0.3 is 4.74 Å². The Hall–Kier alpha value is -2.05. The summed E-state index contributed by atoms with van der Waals surface area (Å²) in [7, 11) is -3.67. The van der Waals surface area contributed by atoms with Crippen LogP contribution in [0.4, 0.5) is 5.69 Å². The van der Waals surface area contributed by atoms with Gasteiger partial charge in [-0.3, -0.25) is 9.45 Å². The van der Waals surface area contributed by atoms with Crippen molar-refractivity contribution in [3.05, 3.63) is 58.6 Å². The zero-order chi connectivity index (χ0) is 21.0. The first-order chi connectivity index (χ1) is 13.9. The molecule has 4 bridgehead atoms. The average molecular weight is 418 g/mol. The standard InChI is InChI=1S/C20H23NO.C3H8O3S/c1-3-5-8-14-12-13-18-19(15(14)9-6-4-2)21-16-10-7-11-17(21)20(16)22-18;1-2-3-7(4,5)6/h7,10-13H,3-6,8-9H2,1-2H3;2-3H2,1H3,(H,4,5,6). The van der Waals surface area contributed by atoms with Crippen LogP contribution in [0.3, 0.4) is 0 Å². The van der Waals surface area contributed by atoms with Crippen LogP contribution in [0.1, 0.15) is 64.0 Å². The fourth-order valence-corrected chi connectivity index (χ4v) is 4.39. The summed E-state index contributed by atoms with van der Waals surface area (Å²) in [5.74, 6) is 1.96. The average Bonchev–Trinajstić information content (AvgIpc) is 2.71. The van der Waals surface area contributed by atoms with Gasteiger partial charge in [0.25, 0.3) is 10.1 Å². The van der Waals surface area contributed by atoms with Gasteiger partial charge in [-0.1, -0.05) is 45.8 Å². The summed E-state index contributed by atoms with van der Waals surface area (Å²) in [5, 5.41) is 0. The first-order valence-corrected chi connectivity index (χ1v) is 12.2. The molecule has 3 heterocycles. The van der Waals surface area contributed by atoms with Gasteiger partial charge >= 0.3 is 0 Å². The summed E-state index contributed by atoms with van der Waals surface area (Å²) in [4.78, 5) is 2.40. The van der Waals surface area contributed by atoms with Gasteiger partial charge in [0.05, 0.1) is 22.8 Å². The van der Waals surface area contributed by atoms with Gasteiger partial charge in [0, 0.05) is 0 Å². The maximum Gasteiger partial charge on any atom is 0.264 e. The van der Waals surface area contributed by atoms with Crippen molar-refractivity contribution in [3.8, 4) is 5.75 Å². The molecular weight excluding hydrogens is 386 g/mol. The number of benzene rings is 1. The first kappa shape index (κ1) is 21.7. The van der Waals surface area contributed by atoms with E-state index in [9.17, 15) is 8.42 Å². The smallest absolute Gasteiger partial charge is 0.264 e. The van der Waals surface area contributed by atoms with Crippen LogP contribution in [0.15, 0.2) is 47.5 Å². The third-order valence-electron chi connectivity index (χ3n) is 5.28. The Labute approximate surface area is 174 Å². The molecule has 1 aromatic carbocycles. The predicted octanol–water partition coefficient (Wildman–Crippen LogP) is 5.53. The summed E-state index contributed by atoms with van der Waals surface area (Å²) in [5.41, 5.74) is 6.79. The molecule has 0 saturated heterocycles. The molecule has 5 nitrogen and oxygen atoms in total. The lowest BCUT2D eigenvalue weighted by atomic mass is 9.90. The second-order valence-corrected chi connectivity index (χ2v) is 9.18. The molecule has 29 heavy (non-hydrogen) atoms. The van der Waals surface area contributed by atoms with E-state index in [0.717, 1.165) is 17.9 Å². The quantitative estimate of drug-likeness (QED) is 0.563. The molecule has 3 aliphatic heterocycles. The van der Waals surface area contributed by atoms with Crippen LogP contribution >= 0.6 is 0 Å². The lowest BCUT2D eigenvalue weighted by molar-refractivity contribution is 0.390. The minimum Gasteiger partial charge on any atom is -0.451 e. The van der Waals surface area contributed by atoms with Crippen molar-refractivity contribution < 1.29 is 17.7 Å². The molecule has 0 atom stereocenters. The predicted molar refractivity (Wildman–Crippen MR) is 118 cm³/mol. The van der Waals surface area contributed by atoms with Crippen LogP contribution in [0.25, 0.3) is 0 Å². The van der Waals surface area contributed by atoms with Gasteiger partial charge in [-0.15, -0.1) is 0 Å². The van der Waals surface area contributed by atoms with Crippen molar-refractivity contribution >= 4 is 15.8 Å². The number of hydrogen-bond donors (Lipinski definition) is 1. The molecule has 158 valence electrons.